The first-order valence-electron chi connectivity index (χ1n) is 12.1. The minimum atomic E-state index is -4.35. The summed E-state index contributed by atoms with van der Waals surface area (Å²) in [6, 6.07) is 12.5. The smallest absolute Gasteiger partial charge is 0.358 e. The molecule has 3 heterocycles. The molecule has 1 aromatic heterocycles. The highest BCUT2D eigenvalue weighted by Gasteiger charge is 2.34. The number of anilines is 1. The summed E-state index contributed by atoms with van der Waals surface area (Å²) in [4.78, 5) is 27.3. The van der Waals surface area contributed by atoms with Gasteiger partial charge in [0.15, 0.2) is 0 Å². The van der Waals surface area contributed by atoms with Crippen molar-refractivity contribution in [1.29, 1.82) is 0 Å². The van der Waals surface area contributed by atoms with Crippen LogP contribution in [0.4, 0.5) is 19.0 Å². The van der Waals surface area contributed by atoms with E-state index in [0.717, 1.165) is 28.6 Å². The Kier molecular flexibility index (Phi) is 6.57. The van der Waals surface area contributed by atoms with Crippen molar-refractivity contribution in [1.82, 2.24) is 25.1 Å². The molecule has 1 unspecified atom stereocenters. The Morgan fingerprint density at radius 2 is 1.78 bits per heavy atom. The van der Waals surface area contributed by atoms with Gasteiger partial charge in [-0.1, -0.05) is 38.1 Å². The lowest BCUT2D eigenvalue weighted by Gasteiger charge is -2.42. The van der Waals surface area contributed by atoms with Gasteiger partial charge in [-0.25, -0.2) is 9.97 Å². The normalized spacial score (nSPS) is 21.7. The molecule has 2 aromatic carbocycles. The summed E-state index contributed by atoms with van der Waals surface area (Å²) in [7, 11) is 0. The molecule has 0 aliphatic carbocycles. The molecule has 10 heteroatoms. The van der Waals surface area contributed by atoms with Crippen LogP contribution in [0.1, 0.15) is 30.8 Å². The van der Waals surface area contributed by atoms with E-state index in [2.05, 4.69) is 20.4 Å². The molecule has 0 saturated carbocycles. The van der Waals surface area contributed by atoms with Crippen LogP contribution in [0, 0.1) is 5.92 Å². The minimum Gasteiger partial charge on any atom is -0.358 e. The number of nitrogens with zero attached hydrogens (tertiary/aromatic N) is 4. The Bertz CT molecular complexity index is 1250. The lowest BCUT2D eigenvalue weighted by atomic mass is 10.0. The van der Waals surface area contributed by atoms with Gasteiger partial charge in [-0.05, 0) is 35.7 Å². The molecule has 7 nitrogen and oxygen atoms in total. The average Bonchev–Trinajstić information content (AvgIpc) is 2.83. The predicted octanol–water partition coefficient (Wildman–Crippen LogP) is 3.86. The van der Waals surface area contributed by atoms with E-state index < -0.39 is 17.8 Å². The van der Waals surface area contributed by atoms with E-state index in [0.29, 0.717) is 44.4 Å². The molecule has 3 aromatic rings. The van der Waals surface area contributed by atoms with E-state index >= 15 is 0 Å². The Hall–Kier alpha value is -3.24. The first kappa shape index (κ1) is 24.5. The molecule has 2 aliphatic rings. The molecule has 36 heavy (non-hydrogen) atoms. The van der Waals surface area contributed by atoms with E-state index in [1.807, 2.05) is 38.1 Å². The third kappa shape index (κ3) is 5.15. The first-order valence-corrected chi connectivity index (χ1v) is 12.1. The molecule has 0 radical (unpaired) electrons. The number of carbonyl (C=O) groups is 1. The average molecular weight is 499 g/mol. The predicted molar refractivity (Wildman–Crippen MR) is 131 cm³/mol. The van der Waals surface area contributed by atoms with Crippen LogP contribution >= 0.6 is 0 Å². The maximum atomic E-state index is 13.4. The highest BCUT2D eigenvalue weighted by atomic mass is 19.4. The number of carbonyl (C=O) groups excluding carboxylic acids is 1. The number of hydrogen-bond acceptors (Lipinski definition) is 6. The van der Waals surface area contributed by atoms with Crippen molar-refractivity contribution in [3.63, 3.8) is 0 Å². The number of rotatable bonds is 3. The van der Waals surface area contributed by atoms with Gasteiger partial charge in [0.1, 0.15) is 17.7 Å². The molecule has 5 rings (SSSR count). The number of fused-ring (bicyclic) bond motifs is 5. The van der Waals surface area contributed by atoms with E-state index in [1.165, 1.54) is 12.1 Å². The molecule has 190 valence electrons. The summed E-state index contributed by atoms with van der Waals surface area (Å²) < 4.78 is 38.7. The monoisotopic (exact) mass is 498 g/mol. The van der Waals surface area contributed by atoms with E-state index in [1.54, 1.807) is 0 Å². The van der Waals surface area contributed by atoms with Crippen molar-refractivity contribution in [2.45, 2.75) is 45.3 Å². The fourth-order valence-electron chi connectivity index (χ4n) is 4.83. The zero-order chi connectivity index (χ0) is 25.4. The highest BCUT2D eigenvalue weighted by Crippen LogP contribution is 2.29. The van der Waals surface area contributed by atoms with Crippen LogP contribution in [0.2, 0.25) is 0 Å². The third-order valence-corrected chi connectivity index (χ3v) is 6.81. The molecular weight excluding hydrogens is 469 g/mol. The van der Waals surface area contributed by atoms with Gasteiger partial charge in [0.05, 0.1) is 23.8 Å². The Balaban J connectivity index is 1.39. The van der Waals surface area contributed by atoms with Gasteiger partial charge < -0.3 is 10.6 Å². The van der Waals surface area contributed by atoms with Crippen LogP contribution in [-0.4, -0.2) is 57.5 Å². The number of halogens is 3. The fourth-order valence-corrected chi connectivity index (χ4v) is 4.83. The molecule has 2 N–H and O–H groups in total. The molecule has 1 fully saturated rings. The highest BCUT2D eigenvalue weighted by molar-refractivity contribution is 5.92. The fraction of sp³-hybridized carbons (Fsp3) is 0.423. The lowest BCUT2D eigenvalue weighted by molar-refractivity contribution is -0.137. The molecule has 1 saturated heterocycles. The summed E-state index contributed by atoms with van der Waals surface area (Å²) in [5.41, 5.74) is 0.968. The van der Waals surface area contributed by atoms with Crippen molar-refractivity contribution >= 4 is 22.6 Å². The number of amides is 1. The van der Waals surface area contributed by atoms with Gasteiger partial charge in [-0.15, -0.1) is 0 Å². The largest absolute Gasteiger partial charge is 0.416 e. The van der Waals surface area contributed by atoms with E-state index in [4.69, 9.17) is 9.97 Å². The number of para-hydroxylation sites is 1. The maximum Gasteiger partial charge on any atom is 0.416 e. The number of hydrogen-bond donors (Lipinski definition) is 2. The van der Waals surface area contributed by atoms with Crippen LogP contribution in [0.15, 0.2) is 48.5 Å². The van der Waals surface area contributed by atoms with Gasteiger partial charge in [0, 0.05) is 31.6 Å². The third-order valence-electron chi connectivity index (χ3n) is 6.81. The number of aromatic nitrogens is 2. The molecule has 0 spiro atoms. The second kappa shape index (κ2) is 9.67. The molecule has 2 atom stereocenters. The van der Waals surface area contributed by atoms with Crippen LogP contribution in [-0.2, 0) is 24.1 Å². The summed E-state index contributed by atoms with van der Waals surface area (Å²) in [5, 5.41) is 7.43. The molecular formula is C26H29F3N6O. The quantitative estimate of drug-likeness (QED) is 0.572. The molecule has 2 bridgehead atoms. The number of piperazine rings is 1. The summed E-state index contributed by atoms with van der Waals surface area (Å²) in [6.45, 7) is 6.87. The van der Waals surface area contributed by atoms with Crippen molar-refractivity contribution in [2.75, 3.05) is 25.0 Å². The van der Waals surface area contributed by atoms with Crippen LogP contribution < -0.4 is 10.6 Å². The topological polar surface area (TPSA) is 73.4 Å². The lowest BCUT2D eigenvalue weighted by Crippen LogP contribution is -2.62. The number of alkyl halides is 3. The van der Waals surface area contributed by atoms with Crippen LogP contribution in [0.5, 0.6) is 0 Å². The second-order valence-electron chi connectivity index (χ2n) is 9.80. The van der Waals surface area contributed by atoms with Crippen LogP contribution in [0.3, 0.4) is 0 Å². The Morgan fingerprint density at radius 1 is 1.03 bits per heavy atom. The molecule has 2 aliphatic heterocycles. The van der Waals surface area contributed by atoms with E-state index in [-0.39, 0.29) is 18.0 Å². The summed E-state index contributed by atoms with van der Waals surface area (Å²) >= 11 is 0. The zero-order valence-corrected chi connectivity index (χ0v) is 20.2. The van der Waals surface area contributed by atoms with Crippen LogP contribution in [0.25, 0.3) is 10.9 Å². The zero-order valence-electron chi connectivity index (χ0n) is 20.2. The van der Waals surface area contributed by atoms with E-state index in [9.17, 15) is 18.0 Å². The molecule has 1 amide bonds. The number of benzene rings is 2. The first-order chi connectivity index (χ1) is 17.2. The second-order valence-corrected chi connectivity index (χ2v) is 9.80. The van der Waals surface area contributed by atoms with Crippen molar-refractivity contribution in [3.8, 4) is 0 Å². The number of nitrogens with one attached hydrogen (secondary N) is 2. The van der Waals surface area contributed by atoms with Gasteiger partial charge in [0.25, 0.3) is 0 Å². The van der Waals surface area contributed by atoms with Crippen molar-refractivity contribution in [3.05, 3.63) is 65.5 Å². The maximum absolute atomic E-state index is 13.4. The summed E-state index contributed by atoms with van der Waals surface area (Å²) in [5.74, 6) is 1.24. The van der Waals surface area contributed by atoms with Gasteiger partial charge in [-0.3, -0.25) is 14.6 Å². The SMILES string of the molecule is CC(C)[C@@H]1Nc2nc(nc3ccccc23)CN2CCN(Cc3ccc(C(F)(F)F)cc3)CC2NC1=O. The Labute approximate surface area is 207 Å². The van der Waals surface area contributed by atoms with Crippen molar-refractivity contribution < 1.29 is 18.0 Å². The minimum absolute atomic E-state index is 0.0156. The standard InChI is InChI=1S/C26H29F3N6O/c1-16(2)23-25(36)32-22-15-34(13-17-7-9-18(10-8-17)26(27,28)29)11-12-35(22)14-21-30-20-6-4-3-5-19(20)24(31-21)33-23/h3-10,16,22-23H,11-15H2,1-2H3,(H,32,36)(H,30,31,33)/t22?,23-/m0/s1. The Morgan fingerprint density at radius 3 is 2.50 bits per heavy atom. The van der Waals surface area contributed by atoms with Crippen molar-refractivity contribution in [2.24, 2.45) is 5.92 Å². The van der Waals surface area contributed by atoms with Gasteiger partial charge in [-0.2, -0.15) is 13.2 Å². The van der Waals surface area contributed by atoms with Gasteiger partial charge in [0.2, 0.25) is 5.91 Å². The van der Waals surface area contributed by atoms with Gasteiger partial charge >= 0.3 is 6.18 Å². The summed E-state index contributed by atoms with van der Waals surface area (Å²) in [6.07, 6.45) is -4.63.